The molecule has 2 atom stereocenters. The van der Waals surface area contributed by atoms with Crippen LogP contribution in [0.4, 0.5) is 5.69 Å². The number of nitrogens with two attached hydrogens (primary N) is 1. The van der Waals surface area contributed by atoms with Crippen molar-refractivity contribution in [1.29, 1.82) is 0 Å². The zero-order valence-electron chi connectivity index (χ0n) is 13.1. The van der Waals surface area contributed by atoms with Gasteiger partial charge in [0.15, 0.2) is 0 Å². The van der Waals surface area contributed by atoms with Gasteiger partial charge in [-0.1, -0.05) is 42.5 Å². The van der Waals surface area contributed by atoms with Gasteiger partial charge >= 0.3 is 0 Å². The molecular formula is C19H22N2O2. The molecule has 2 unspecified atom stereocenters. The van der Waals surface area contributed by atoms with Crippen LogP contribution in [0.3, 0.4) is 0 Å². The van der Waals surface area contributed by atoms with Crippen LogP contribution in [-0.4, -0.2) is 12.5 Å². The number of anilines is 1. The zero-order chi connectivity index (χ0) is 16.1. The zero-order valence-corrected chi connectivity index (χ0v) is 13.1. The molecule has 0 bridgehead atoms. The highest BCUT2D eigenvalue weighted by molar-refractivity contribution is 5.93. The van der Waals surface area contributed by atoms with Crippen LogP contribution in [0.25, 0.3) is 0 Å². The monoisotopic (exact) mass is 310 g/mol. The summed E-state index contributed by atoms with van der Waals surface area (Å²) in [5, 5.41) is 3.00. The number of carbonyl (C=O) groups excluding carboxylic acids is 1. The van der Waals surface area contributed by atoms with E-state index in [9.17, 15) is 4.79 Å². The molecule has 2 aromatic carbocycles. The number of hydrogen-bond acceptors (Lipinski definition) is 3. The summed E-state index contributed by atoms with van der Waals surface area (Å²) in [4.78, 5) is 12.7. The Morgan fingerprint density at radius 2 is 1.87 bits per heavy atom. The molecule has 1 aliphatic rings. The maximum absolute atomic E-state index is 12.7. The van der Waals surface area contributed by atoms with Crippen molar-refractivity contribution in [3.63, 3.8) is 0 Å². The summed E-state index contributed by atoms with van der Waals surface area (Å²) in [5.41, 5.74) is 8.50. The van der Waals surface area contributed by atoms with Crippen LogP contribution in [0.1, 0.15) is 30.1 Å². The minimum Gasteiger partial charge on any atom is -0.373 e. The second kappa shape index (κ2) is 7.40. The molecule has 1 amide bonds. The van der Waals surface area contributed by atoms with E-state index in [0.29, 0.717) is 13.2 Å². The van der Waals surface area contributed by atoms with Gasteiger partial charge in [0.1, 0.15) is 0 Å². The van der Waals surface area contributed by atoms with E-state index in [1.807, 2.05) is 54.6 Å². The molecule has 23 heavy (non-hydrogen) atoms. The molecule has 4 nitrogen and oxygen atoms in total. The van der Waals surface area contributed by atoms with Gasteiger partial charge in [-0.3, -0.25) is 4.79 Å². The Balaban J connectivity index is 1.73. The van der Waals surface area contributed by atoms with Crippen molar-refractivity contribution in [3.8, 4) is 0 Å². The van der Waals surface area contributed by atoms with Gasteiger partial charge < -0.3 is 15.8 Å². The van der Waals surface area contributed by atoms with Crippen LogP contribution in [-0.2, 0) is 16.1 Å². The lowest BCUT2D eigenvalue weighted by Crippen LogP contribution is -2.33. The first-order valence-corrected chi connectivity index (χ1v) is 8.04. The van der Waals surface area contributed by atoms with E-state index in [4.69, 9.17) is 10.5 Å². The molecule has 0 aromatic heterocycles. The van der Waals surface area contributed by atoms with Crippen molar-refractivity contribution in [1.82, 2.24) is 0 Å². The molecule has 1 saturated heterocycles. The van der Waals surface area contributed by atoms with Gasteiger partial charge in [0.2, 0.25) is 5.91 Å². The molecular weight excluding hydrogens is 288 g/mol. The van der Waals surface area contributed by atoms with Gasteiger partial charge in [0.05, 0.1) is 12.0 Å². The number of amides is 1. The minimum atomic E-state index is -0.173. The predicted molar refractivity (Wildman–Crippen MR) is 90.8 cm³/mol. The Kier molecular flexibility index (Phi) is 5.05. The van der Waals surface area contributed by atoms with E-state index in [2.05, 4.69) is 5.32 Å². The fraction of sp³-hybridized carbons (Fsp3) is 0.316. The summed E-state index contributed by atoms with van der Waals surface area (Å²) in [6.07, 6.45) is 1.58. The van der Waals surface area contributed by atoms with Crippen molar-refractivity contribution in [2.24, 2.45) is 11.7 Å². The first-order valence-electron chi connectivity index (χ1n) is 8.04. The summed E-state index contributed by atoms with van der Waals surface area (Å²) in [6, 6.07) is 17.6. The number of rotatable bonds is 4. The minimum absolute atomic E-state index is 0.0130. The van der Waals surface area contributed by atoms with Crippen molar-refractivity contribution in [2.45, 2.75) is 25.5 Å². The average Bonchev–Trinajstić information content (AvgIpc) is 2.63. The van der Waals surface area contributed by atoms with Crippen LogP contribution in [0.15, 0.2) is 54.6 Å². The number of benzene rings is 2. The lowest BCUT2D eigenvalue weighted by atomic mass is 9.88. The molecule has 3 N–H and O–H groups in total. The highest BCUT2D eigenvalue weighted by atomic mass is 16.5. The van der Waals surface area contributed by atoms with Crippen LogP contribution in [0.2, 0.25) is 0 Å². The Hall–Kier alpha value is -2.17. The molecule has 0 spiro atoms. The van der Waals surface area contributed by atoms with Crippen molar-refractivity contribution in [3.05, 3.63) is 65.7 Å². The summed E-state index contributed by atoms with van der Waals surface area (Å²) < 4.78 is 5.89. The molecule has 2 aromatic rings. The average molecular weight is 310 g/mol. The van der Waals surface area contributed by atoms with Gasteiger partial charge in [-0.2, -0.15) is 0 Å². The topological polar surface area (TPSA) is 64.3 Å². The third-order valence-corrected chi connectivity index (χ3v) is 4.24. The molecule has 0 aliphatic carbocycles. The Morgan fingerprint density at radius 1 is 1.13 bits per heavy atom. The predicted octanol–water partition coefficient (Wildman–Crippen LogP) is 3.25. The van der Waals surface area contributed by atoms with E-state index < -0.39 is 0 Å². The molecule has 4 heteroatoms. The van der Waals surface area contributed by atoms with Crippen LogP contribution in [0.5, 0.6) is 0 Å². The van der Waals surface area contributed by atoms with Crippen molar-refractivity contribution in [2.75, 3.05) is 11.9 Å². The van der Waals surface area contributed by atoms with Crippen LogP contribution in [0, 0.1) is 5.92 Å². The maximum atomic E-state index is 12.7. The Labute approximate surface area is 136 Å². The quantitative estimate of drug-likeness (QED) is 0.911. The SMILES string of the molecule is NCc1ccc(NC(=O)C2CCCOC2c2ccccc2)cc1. The van der Waals surface area contributed by atoms with Gasteiger partial charge in [0, 0.05) is 18.8 Å². The molecule has 3 rings (SSSR count). The molecule has 0 radical (unpaired) electrons. The van der Waals surface area contributed by atoms with Crippen molar-refractivity contribution >= 4 is 11.6 Å². The van der Waals surface area contributed by atoms with Gasteiger partial charge in [-0.05, 0) is 36.1 Å². The van der Waals surface area contributed by atoms with Gasteiger partial charge in [-0.15, -0.1) is 0 Å². The Bertz CT molecular complexity index is 640. The summed E-state index contributed by atoms with van der Waals surface area (Å²) >= 11 is 0. The van der Waals surface area contributed by atoms with E-state index in [0.717, 1.165) is 29.7 Å². The lowest BCUT2D eigenvalue weighted by molar-refractivity contribution is -0.129. The standard InChI is InChI=1S/C19H22N2O2/c20-13-14-8-10-16(11-9-14)21-19(22)17-7-4-12-23-18(17)15-5-2-1-3-6-15/h1-3,5-6,8-11,17-18H,4,7,12-13,20H2,(H,21,22). The molecule has 120 valence electrons. The van der Waals surface area contributed by atoms with E-state index >= 15 is 0 Å². The largest absolute Gasteiger partial charge is 0.373 e. The fourth-order valence-electron chi connectivity index (χ4n) is 2.98. The summed E-state index contributed by atoms with van der Waals surface area (Å²) in [6.45, 7) is 1.20. The normalized spacial score (nSPS) is 20.9. The van der Waals surface area contributed by atoms with Crippen LogP contribution < -0.4 is 11.1 Å². The summed E-state index contributed by atoms with van der Waals surface area (Å²) in [5.74, 6) is -0.153. The Morgan fingerprint density at radius 3 is 2.57 bits per heavy atom. The second-order valence-electron chi connectivity index (χ2n) is 5.84. The first-order chi connectivity index (χ1) is 11.3. The van der Waals surface area contributed by atoms with Gasteiger partial charge in [-0.25, -0.2) is 0 Å². The molecule has 1 aliphatic heterocycles. The van der Waals surface area contributed by atoms with E-state index in [-0.39, 0.29) is 17.9 Å². The van der Waals surface area contributed by atoms with E-state index in [1.54, 1.807) is 0 Å². The smallest absolute Gasteiger partial charge is 0.230 e. The third-order valence-electron chi connectivity index (χ3n) is 4.24. The van der Waals surface area contributed by atoms with Crippen LogP contribution >= 0.6 is 0 Å². The number of hydrogen-bond donors (Lipinski definition) is 2. The highest BCUT2D eigenvalue weighted by Crippen LogP contribution is 2.34. The number of carbonyl (C=O) groups is 1. The highest BCUT2D eigenvalue weighted by Gasteiger charge is 2.33. The number of ether oxygens (including phenoxy) is 1. The number of nitrogens with one attached hydrogen (secondary N) is 1. The molecule has 1 fully saturated rings. The van der Waals surface area contributed by atoms with Crippen molar-refractivity contribution < 1.29 is 9.53 Å². The fourth-order valence-corrected chi connectivity index (χ4v) is 2.98. The summed E-state index contributed by atoms with van der Waals surface area (Å²) in [7, 11) is 0. The molecule has 0 saturated carbocycles. The van der Waals surface area contributed by atoms with E-state index in [1.165, 1.54) is 0 Å². The molecule has 1 heterocycles. The first kappa shape index (κ1) is 15.7. The maximum Gasteiger partial charge on any atom is 0.230 e. The second-order valence-corrected chi connectivity index (χ2v) is 5.84. The lowest BCUT2D eigenvalue weighted by Gasteiger charge is -2.31. The third kappa shape index (κ3) is 3.78. The van der Waals surface area contributed by atoms with Gasteiger partial charge in [0.25, 0.3) is 0 Å².